The molecule has 0 saturated carbocycles. The van der Waals surface area contributed by atoms with E-state index < -0.39 is 0 Å². The second-order valence-corrected chi connectivity index (χ2v) is 6.64. The van der Waals surface area contributed by atoms with Gasteiger partial charge in [-0.15, -0.1) is 0 Å². The van der Waals surface area contributed by atoms with Crippen LogP contribution in [0.4, 0.5) is 4.79 Å². The molecule has 3 rings (SSSR count). The van der Waals surface area contributed by atoms with E-state index in [0.717, 1.165) is 24.1 Å². The number of pyridine rings is 1. The minimum Gasteiger partial charge on any atom is -0.336 e. The van der Waals surface area contributed by atoms with Crippen molar-refractivity contribution in [3.8, 4) is 0 Å². The molecule has 2 amide bonds. The summed E-state index contributed by atoms with van der Waals surface area (Å²) in [5.41, 5.74) is 3.10. The molecule has 27 heavy (non-hydrogen) atoms. The fraction of sp³-hybridized carbons (Fsp3) is 0.217. The number of nitrogens with zero attached hydrogens (tertiary/aromatic N) is 1. The number of benzene rings is 2. The van der Waals surface area contributed by atoms with Gasteiger partial charge in [0.05, 0.1) is 11.7 Å². The van der Waals surface area contributed by atoms with E-state index in [1.165, 1.54) is 5.56 Å². The summed E-state index contributed by atoms with van der Waals surface area (Å²) in [6, 6.07) is 25.5. The maximum atomic E-state index is 12.6. The van der Waals surface area contributed by atoms with Crippen LogP contribution in [0.5, 0.6) is 0 Å². The molecule has 0 saturated heterocycles. The summed E-state index contributed by atoms with van der Waals surface area (Å²) in [4.78, 5) is 17.0. The quantitative estimate of drug-likeness (QED) is 0.653. The number of carbonyl (C=O) groups is 1. The largest absolute Gasteiger partial charge is 0.336 e. The van der Waals surface area contributed by atoms with Crippen LogP contribution in [0.1, 0.15) is 36.2 Å². The van der Waals surface area contributed by atoms with Crippen molar-refractivity contribution in [1.82, 2.24) is 15.6 Å². The highest BCUT2D eigenvalue weighted by Crippen LogP contribution is 2.19. The van der Waals surface area contributed by atoms with Crippen molar-refractivity contribution in [2.75, 3.05) is 0 Å². The average Bonchev–Trinajstić information content (AvgIpc) is 2.72. The zero-order chi connectivity index (χ0) is 18.9. The zero-order valence-corrected chi connectivity index (χ0v) is 15.5. The van der Waals surface area contributed by atoms with Gasteiger partial charge in [0.1, 0.15) is 0 Å². The number of urea groups is 1. The van der Waals surface area contributed by atoms with Crippen LogP contribution in [-0.2, 0) is 6.42 Å². The van der Waals surface area contributed by atoms with E-state index in [1.54, 1.807) is 6.20 Å². The first-order valence-electron chi connectivity index (χ1n) is 9.29. The summed E-state index contributed by atoms with van der Waals surface area (Å²) in [6.07, 6.45) is 3.56. The zero-order valence-electron chi connectivity index (χ0n) is 15.5. The molecule has 0 bridgehead atoms. The fourth-order valence-electron chi connectivity index (χ4n) is 3.02. The van der Waals surface area contributed by atoms with E-state index >= 15 is 0 Å². The first kappa shape index (κ1) is 18.6. The number of amides is 2. The molecule has 0 unspecified atom stereocenters. The molecule has 0 radical (unpaired) electrons. The van der Waals surface area contributed by atoms with Crippen LogP contribution in [0.3, 0.4) is 0 Å². The summed E-state index contributed by atoms with van der Waals surface area (Å²) in [5.74, 6) is 0. The molecule has 0 aliphatic rings. The molecule has 2 atom stereocenters. The highest BCUT2D eigenvalue weighted by atomic mass is 16.2. The van der Waals surface area contributed by atoms with Gasteiger partial charge in [0, 0.05) is 12.2 Å². The second kappa shape index (κ2) is 9.53. The van der Waals surface area contributed by atoms with E-state index in [1.807, 2.05) is 73.7 Å². The highest BCUT2D eigenvalue weighted by molar-refractivity contribution is 5.75. The molecule has 1 heterocycles. The number of aromatic nitrogens is 1. The lowest BCUT2D eigenvalue weighted by Crippen LogP contribution is -2.43. The third kappa shape index (κ3) is 5.68. The van der Waals surface area contributed by atoms with Gasteiger partial charge in [0.15, 0.2) is 0 Å². The van der Waals surface area contributed by atoms with Gasteiger partial charge in [-0.2, -0.15) is 0 Å². The van der Waals surface area contributed by atoms with E-state index in [2.05, 4.69) is 27.8 Å². The standard InChI is InChI=1S/C23H25N3O/c1-18(15-16-19-10-4-2-5-11-19)25-23(27)26-22(20-12-6-3-7-13-20)21-14-8-9-17-24-21/h2-14,17-18,22H,15-16H2,1H3,(H2,25,26,27)/t18-,22+/m0/s1. The van der Waals surface area contributed by atoms with Crippen LogP contribution >= 0.6 is 0 Å². The number of nitrogens with one attached hydrogen (secondary N) is 2. The smallest absolute Gasteiger partial charge is 0.315 e. The molecule has 0 fully saturated rings. The Morgan fingerprint density at radius 1 is 0.889 bits per heavy atom. The SMILES string of the molecule is C[C@@H](CCc1ccccc1)NC(=O)N[C@H](c1ccccc1)c1ccccn1. The number of carbonyl (C=O) groups excluding carboxylic acids is 1. The van der Waals surface area contributed by atoms with Crippen molar-refractivity contribution in [3.63, 3.8) is 0 Å². The second-order valence-electron chi connectivity index (χ2n) is 6.64. The van der Waals surface area contributed by atoms with Crippen LogP contribution in [0.15, 0.2) is 85.1 Å². The van der Waals surface area contributed by atoms with Crippen LogP contribution < -0.4 is 10.6 Å². The minimum atomic E-state index is -0.284. The monoisotopic (exact) mass is 359 g/mol. The van der Waals surface area contributed by atoms with E-state index in [0.29, 0.717) is 0 Å². The number of hydrogen-bond acceptors (Lipinski definition) is 2. The summed E-state index contributed by atoms with van der Waals surface area (Å²) < 4.78 is 0. The molecule has 0 aliphatic carbocycles. The molecule has 2 N–H and O–H groups in total. The lowest BCUT2D eigenvalue weighted by atomic mass is 10.0. The number of aryl methyl sites for hydroxylation is 1. The molecule has 4 heteroatoms. The van der Waals surface area contributed by atoms with Crippen LogP contribution in [-0.4, -0.2) is 17.1 Å². The summed E-state index contributed by atoms with van der Waals surface area (Å²) in [7, 11) is 0. The van der Waals surface area contributed by atoms with E-state index in [-0.39, 0.29) is 18.1 Å². The predicted octanol–water partition coefficient (Wildman–Crippen LogP) is 4.49. The Kier molecular flexibility index (Phi) is 6.58. The van der Waals surface area contributed by atoms with Gasteiger partial charge >= 0.3 is 6.03 Å². The van der Waals surface area contributed by atoms with Crippen molar-refractivity contribution >= 4 is 6.03 Å². The predicted molar refractivity (Wildman–Crippen MR) is 108 cm³/mol. The van der Waals surface area contributed by atoms with Crippen molar-refractivity contribution in [2.45, 2.75) is 31.8 Å². The first-order chi connectivity index (χ1) is 13.2. The fourth-order valence-corrected chi connectivity index (χ4v) is 3.02. The molecular weight excluding hydrogens is 334 g/mol. The normalized spacial score (nSPS) is 12.8. The minimum absolute atomic E-state index is 0.0744. The topological polar surface area (TPSA) is 54.0 Å². The van der Waals surface area contributed by atoms with E-state index in [4.69, 9.17) is 0 Å². The summed E-state index contributed by atoms with van der Waals surface area (Å²) >= 11 is 0. The highest BCUT2D eigenvalue weighted by Gasteiger charge is 2.18. The van der Waals surface area contributed by atoms with Gasteiger partial charge < -0.3 is 10.6 Å². The van der Waals surface area contributed by atoms with Gasteiger partial charge in [0.25, 0.3) is 0 Å². The maximum Gasteiger partial charge on any atom is 0.315 e. The van der Waals surface area contributed by atoms with Crippen LogP contribution in [0.2, 0.25) is 0 Å². The first-order valence-corrected chi connectivity index (χ1v) is 9.29. The molecule has 0 aliphatic heterocycles. The Morgan fingerprint density at radius 3 is 2.22 bits per heavy atom. The Labute approximate surface area is 160 Å². The molecule has 1 aromatic heterocycles. The molecular formula is C23H25N3O. The van der Waals surface area contributed by atoms with Gasteiger partial charge in [0.2, 0.25) is 0 Å². The maximum absolute atomic E-state index is 12.6. The lowest BCUT2D eigenvalue weighted by molar-refractivity contribution is 0.234. The van der Waals surface area contributed by atoms with Crippen molar-refractivity contribution in [2.24, 2.45) is 0 Å². The summed E-state index contributed by atoms with van der Waals surface area (Å²) in [6.45, 7) is 2.03. The van der Waals surface area contributed by atoms with Gasteiger partial charge in [-0.1, -0.05) is 66.7 Å². The Bertz CT molecular complexity index is 783. The number of rotatable bonds is 7. The Hall–Kier alpha value is -3.14. The third-order valence-electron chi connectivity index (χ3n) is 4.48. The van der Waals surface area contributed by atoms with Crippen molar-refractivity contribution < 1.29 is 4.79 Å². The van der Waals surface area contributed by atoms with Crippen LogP contribution in [0, 0.1) is 0 Å². The van der Waals surface area contributed by atoms with Gasteiger partial charge in [-0.05, 0) is 43.0 Å². The average molecular weight is 359 g/mol. The Morgan fingerprint density at radius 2 is 1.56 bits per heavy atom. The summed E-state index contributed by atoms with van der Waals surface area (Å²) in [5, 5.41) is 6.11. The van der Waals surface area contributed by atoms with Gasteiger partial charge in [-0.25, -0.2) is 4.79 Å². The molecule has 2 aromatic carbocycles. The van der Waals surface area contributed by atoms with Crippen molar-refractivity contribution in [3.05, 3.63) is 102 Å². The third-order valence-corrected chi connectivity index (χ3v) is 4.48. The van der Waals surface area contributed by atoms with E-state index in [9.17, 15) is 4.79 Å². The molecule has 138 valence electrons. The van der Waals surface area contributed by atoms with Crippen molar-refractivity contribution in [1.29, 1.82) is 0 Å². The molecule has 3 aromatic rings. The molecule has 4 nitrogen and oxygen atoms in total. The van der Waals surface area contributed by atoms with Crippen LogP contribution in [0.25, 0.3) is 0 Å². The molecule has 0 spiro atoms. The number of hydrogen-bond donors (Lipinski definition) is 2. The Balaban J connectivity index is 1.61. The lowest BCUT2D eigenvalue weighted by Gasteiger charge is -2.21. The van der Waals surface area contributed by atoms with Gasteiger partial charge in [-0.3, -0.25) is 4.98 Å².